The van der Waals surface area contributed by atoms with Crippen LogP contribution in [0.4, 0.5) is 14.9 Å². The molecule has 0 radical (unpaired) electrons. The Bertz CT molecular complexity index is 853. The van der Waals surface area contributed by atoms with Gasteiger partial charge >= 0.3 is 6.03 Å². The molecule has 0 spiro atoms. The second-order valence-electron chi connectivity index (χ2n) is 5.79. The number of hydrogen-bond acceptors (Lipinski definition) is 3. The number of aromatic nitrogens is 1. The molecule has 128 valence electrons. The Hall–Kier alpha value is -2.36. The van der Waals surface area contributed by atoms with Crippen molar-refractivity contribution in [2.75, 3.05) is 18.4 Å². The summed E-state index contributed by atoms with van der Waals surface area (Å²) < 4.78 is 14.3. The lowest BCUT2D eigenvalue weighted by Crippen LogP contribution is -2.36. The van der Waals surface area contributed by atoms with Crippen molar-refractivity contribution < 1.29 is 9.18 Å². The highest BCUT2D eigenvalue weighted by molar-refractivity contribution is 6.30. The number of likely N-dealkylation sites (tertiary alicyclic amines) is 1. The molecule has 1 aromatic heterocycles. The number of pyridine rings is 1. The van der Waals surface area contributed by atoms with Gasteiger partial charge in [-0.1, -0.05) is 29.3 Å². The van der Waals surface area contributed by atoms with Crippen LogP contribution < -0.4 is 5.32 Å². The highest BCUT2D eigenvalue weighted by atomic mass is 35.5. The molecule has 1 aromatic carbocycles. The first-order chi connectivity index (χ1) is 11.9. The predicted octanol–water partition coefficient (Wildman–Crippen LogP) is 4.23. The number of hydrogen-bond donors (Lipinski definition) is 1. The van der Waals surface area contributed by atoms with Crippen LogP contribution in [0, 0.1) is 17.1 Å². The maximum Gasteiger partial charge on any atom is 0.321 e. The fourth-order valence-electron chi connectivity index (χ4n) is 2.88. The number of halogens is 3. The van der Waals surface area contributed by atoms with Crippen molar-refractivity contribution in [2.45, 2.75) is 11.8 Å². The zero-order valence-electron chi connectivity index (χ0n) is 13.0. The van der Waals surface area contributed by atoms with Gasteiger partial charge in [0.25, 0.3) is 0 Å². The maximum atomic E-state index is 14.3. The van der Waals surface area contributed by atoms with E-state index in [0.29, 0.717) is 23.8 Å². The molecule has 2 heterocycles. The second kappa shape index (κ2) is 6.87. The van der Waals surface area contributed by atoms with Gasteiger partial charge in [-0.25, -0.2) is 14.2 Å². The molecular formula is C17H13Cl2FN4O. The maximum absolute atomic E-state index is 14.3. The molecule has 1 N–H and O–H groups in total. The van der Waals surface area contributed by atoms with Gasteiger partial charge in [0.05, 0.1) is 18.0 Å². The quantitative estimate of drug-likeness (QED) is 0.795. The van der Waals surface area contributed by atoms with Crippen molar-refractivity contribution in [3.63, 3.8) is 0 Å². The first-order valence-corrected chi connectivity index (χ1v) is 8.23. The van der Waals surface area contributed by atoms with Crippen LogP contribution in [0.25, 0.3) is 0 Å². The number of nitriles is 1. The Labute approximate surface area is 154 Å². The molecular weight excluding hydrogens is 366 g/mol. The van der Waals surface area contributed by atoms with Crippen LogP contribution >= 0.6 is 23.2 Å². The molecule has 25 heavy (non-hydrogen) atoms. The van der Waals surface area contributed by atoms with Crippen molar-refractivity contribution >= 4 is 34.9 Å². The van der Waals surface area contributed by atoms with E-state index in [-0.39, 0.29) is 23.2 Å². The largest absolute Gasteiger partial charge is 0.323 e. The van der Waals surface area contributed by atoms with Gasteiger partial charge in [-0.05, 0) is 30.7 Å². The summed E-state index contributed by atoms with van der Waals surface area (Å²) in [6.07, 6.45) is 1.78. The third-order valence-electron chi connectivity index (χ3n) is 4.20. The summed E-state index contributed by atoms with van der Waals surface area (Å²) in [6.45, 7) is 0.428. The fourth-order valence-corrected chi connectivity index (χ4v) is 3.15. The minimum Gasteiger partial charge on any atom is -0.323 e. The van der Waals surface area contributed by atoms with E-state index in [1.54, 1.807) is 18.2 Å². The number of rotatable bonds is 2. The number of amides is 2. The molecule has 3 rings (SSSR count). The van der Waals surface area contributed by atoms with E-state index < -0.39 is 11.2 Å². The van der Waals surface area contributed by atoms with Gasteiger partial charge in [-0.3, -0.25) is 0 Å². The smallest absolute Gasteiger partial charge is 0.321 e. The SMILES string of the molecule is N#CC1(c2ccc(Cl)cc2F)CCN(C(=O)Nc2ccc(Cl)nc2)C1. The van der Waals surface area contributed by atoms with Crippen molar-refractivity contribution in [3.05, 3.63) is 58.1 Å². The summed E-state index contributed by atoms with van der Waals surface area (Å²) in [7, 11) is 0. The number of carbonyl (C=O) groups excluding carboxylic acids is 1. The third-order valence-corrected chi connectivity index (χ3v) is 4.65. The lowest BCUT2D eigenvalue weighted by Gasteiger charge is -2.23. The Morgan fingerprint density at radius 1 is 1.36 bits per heavy atom. The molecule has 1 atom stereocenters. The molecule has 0 bridgehead atoms. The molecule has 1 aliphatic rings. The van der Waals surface area contributed by atoms with Crippen LogP contribution in [0.2, 0.25) is 10.2 Å². The molecule has 1 unspecified atom stereocenters. The van der Waals surface area contributed by atoms with Gasteiger partial charge in [0.15, 0.2) is 0 Å². The zero-order chi connectivity index (χ0) is 18.0. The van der Waals surface area contributed by atoms with Gasteiger partial charge < -0.3 is 10.2 Å². The monoisotopic (exact) mass is 378 g/mol. The normalized spacial score (nSPS) is 19.5. The Balaban J connectivity index is 1.77. The number of anilines is 1. The van der Waals surface area contributed by atoms with Crippen molar-refractivity contribution in [1.82, 2.24) is 9.88 Å². The third kappa shape index (κ3) is 3.53. The molecule has 2 amide bonds. The molecule has 1 fully saturated rings. The number of nitrogens with zero attached hydrogens (tertiary/aromatic N) is 3. The van der Waals surface area contributed by atoms with Crippen molar-refractivity contribution in [3.8, 4) is 6.07 Å². The van der Waals surface area contributed by atoms with Crippen molar-refractivity contribution in [1.29, 1.82) is 5.26 Å². The van der Waals surface area contributed by atoms with E-state index in [1.807, 2.05) is 0 Å². The van der Waals surface area contributed by atoms with Gasteiger partial charge in [0.1, 0.15) is 16.4 Å². The molecule has 1 saturated heterocycles. The summed E-state index contributed by atoms with van der Waals surface area (Å²) in [5.41, 5.74) is -0.353. The molecule has 5 nitrogen and oxygen atoms in total. The van der Waals surface area contributed by atoms with E-state index in [9.17, 15) is 14.4 Å². The first-order valence-electron chi connectivity index (χ1n) is 7.48. The summed E-state index contributed by atoms with van der Waals surface area (Å²) in [5.74, 6) is -0.543. The number of carbonyl (C=O) groups is 1. The van der Waals surface area contributed by atoms with Gasteiger partial charge in [-0.2, -0.15) is 5.26 Å². The van der Waals surface area contributed by atoms with E-state index in [0.717, 1.165) is 0 Å². The Morgan fingerprint density at radius 3 is 2.80 bits per heavy atom. The number of nitrogens with one attached hydrogen (secondary N) is 1. The molecule has 0 saturated carbocycles. The number of urea groups is 1. The van der Waals surface area contributed by atoms with Crippen LogP contribution in [-0.4, -0.2) is 29.0 Å². The minimum absolute atomic E-state index is 0.0922. The minimum atomic E-state index is -1.09. The van der Waals surface area contributed by atoms with E-state index in [2.05, 4.69) is 16.4 Å². The molecule has 0 aliphatic carbocycles. The van der Waals surface area contributed by atoms with E-state index in [4.69, 9.17) is 23.2 Å². The highest BCUT2D eigenvalue weighted by Crippen LogP contribution is 2.36. The second-order valence-corrected chi connectivity index (χ2v) is 6.61. The van der Waals surface area contributed by atoms with Crippen LogP contribution in [0.3, 0.4) is 0 Å². The van der Waals surface area contributed by atoms with Crippen molar-refractivity contribution in [2.24, 2.45) is 0 Å². The fraction of sp³-hybridized carbons (Fsp3) is 0.235. The van der Waals surface area contributed by atoms with E-state index >= 15 is 0 Å². The topological polar surface area (TPSA) is 69.0 Å². The summed E-state index contributed by atoms with van der Waals surface area (Å²) in [4.78, 5) is 17.8. The molecule has 1 aliphatic heterocycles. The Kier molecular flexibility index (Phi) is 4.80. The average Bonchev–Trinajstić information content (AvgIpc) is 3.02. The van der Waals surface area contributed by atoms with Crippen LogP contribution in [-0.2, 0) is 5.41 Å². The van der Waals surface area contributed by atoms with Crippen LogP contribution in [0.5, 0.6) is 0 Å². The van der Waals surface area contributed by atoms with Crippen LogP contribution in [0.15, 0.2) is 36.5 Å². The number of benzene rings is 1. The summed E-state index contributed by atoms with van der Waals surface area (Å²) >= 11 is 11.5. The molecule has 2 aromatic rings. The zero-order valence-corrected chi connectivity index (χ0v) is 14.5. The Morgan fingerprint density at radius 2 is 2.16 bits per heavy atom. The van der Waals surface area contributed by atoms with E-state index in [1.165, 1.54) is 23.2 Å². The average molecular weight is 379 g/mol. The predicted molar refractivity (Wildman–Crippen MR) is 93.2 cm³/mol. The molecule has 8 heteroatoms. The first kappa shape index (κ1) is 17.5. The van der Waals surface area contributed by atoms with Gasteiger partial charge in [0.2, 0.25) is 0 Å². The lowest BCUT2D eigenvalue weighted by molar-refractivity contribution is 0.220. The summed E-state index contributed by atoms with van der Waals surface area (Å²) in [6, 6.07) is 9.21. The van der Waals surface area contributed by atoms with Crippen LogP contribution in [0.1, 0.15) is 12.0 Å². The van der Waals surface area contributed by atoms with Gasteiger partial charge in [0, 0.05) is 23.7 Å². The standard InChI is InChI=1S/C17H13Cl2FN4O/c18-11-1-3-13(14(20)7-11)17(9-21)5-6-24(10-17)16(25)23-12-2-4-15(19)22-8-12/h1-4,7-8H,5-6,10H2,(H,23,25). The highest BCUT2D eigenvalue weighted by Gasteiger charge is 2.43. The summed E-state index contributed by atoms with van der Waals surface area (Å²) in [5, 5.41) is 12.9. The van der Waals surface area contributed by atoms with Gasteiger partial charge in [-0.15, -0.1) is 0 Å². The lowest BCUT2D eigenvalue weighted by atomic mass is 9.81.